The summed E-state index contributed by atoms with van der Waals surface area (Å²) in [4.78, 5) is 19.7. The number of methoxy groups -OCH3 is 1. The Balaban J connectivity index is 1.74. The van der Waals surface area contributed by atoms with E-state index in [0.717, 1.165) is 30.1 Å². The number of ether oxygens (including phenoxy) is 1. The molecule has 0 bridgehead atoms. The van der Waals surface area contributed by atoms with E-state index in [-0.39, 0.29) is 11.9 Å². The quantitative estimate of drug-likeness (QED) is 0.917. The Morgan fingerprint density at radius 3 is 3.29 bits per heavy atom. The molecule has 2 aromatic heterocycles. The van der Waals surface area contributed by atoms with Crippen molar-refractivity contribution in [1.82, 2.24) is 20.1 Å². The maximum atomic E-state index is 12.5. The molecule has 0 spiro atoms. The number of nitrogens with zero attached hydrogens (tertiary/aromatic N) is 3. The van der Waals surface area contributed by atoms with Crippen LogP contribution in [-0.2, 0) is 11.2 Å². The van der Waals surface area contributed by atoms with Crippen molar-refractivity contribution in [1.29, 1.82) is 0 Å². The average molecular weight is 306 g/mol. The van der Waals surface area contributed by atoms with Gasteiger partial charge in [-0.1, -0.05) is 6.07 Å². The molecule has 1 fully saturated rings. The van der Waals surface area contributed by atoms with Crippen LogP contribution < -0.4 is 0 Å². The van der Waals surface area contributed by atoms with E-state index in [2.05, 4.69) is 15.2 Å². The van der Waals surface area contributed by atoms with E-state index in [0.29, 0.717) is 18.9 Å². The molecule has 0 saturated carbocycles. The van der Waals surface area contributed by atoms with Crippen LogP contribution in [0.4, 0.5) is 0 Å². The molecule has 0 radical (unpaired) electrons. The van der Waals surface area contributed by atoms with Gasteiger partial charge in [-0.2, -0.15) is 5.10 Å². The first-order valence-electron chi connectivity index (χ1n) is 7.04. The van der Waals surface area contributed by atoms with Gasteiger partial charge in [0.1, 0.15) is 5.82 Å². The zero-order chi connectivity index (χ0) is 14.7. The third-order valence-corrected chi connectivity index (χ3v) is 4.49. The number of aromatic amines is 1. The molecule has 1 saturated heterocycles. The molecule has 7 heteroatoms. The minimum atomic E-state index is -0.0212. The lowest BCUT2D eigenvalue weighted by molar-refractivity contribution is 0.0735. The molecule has 21 heavy (non-hydrogen) atoms. The third kappa shape index (κ3) is 2.98. The number of rotatable bonds is 5. The minimum absolute atomic E-state index is 0.0212. The van der Waals surface area contributed by atoms with E-state index >= 15 is 0 Å². The molecule has 3 heterocycles. The maximum absolute atomic E-state index is 12.5. The normalized spacial score (nSPS) is 18.3. The van der Waals surface area contributed by atoms with Crippen molar-refractivity contribution < 1.29 is 9.53 Å². The van der Waals surface area contributed by atoms with Gasteiger partial charge in [-0.25, -0.2) is 4.98 Å². The fourth-order valence-electron chi connectivity index (χ4n) is 2.59. The summed E-state index contributed by atoms with van der Waals surface area (Å²) in [5, 5.41) is 9.14. The first kappa shape index (κ1) is 14.2. The van der Waals surface area contributed by atoms with Crippen molar-refractivity contribution >= 4 is 17.2 Å². The van der Waals surface area contributed by atoms with Crippen molar-refractivity contribution in [2.24, 2.45) is 0 Å². The van der Waals surface area contributed by atoms with Crippen LogP contribution in [0.25, 0.3) is 0 Å². The first-order chi connectivity index (χ1) is 10.3. The number of thiophene rings is 1. The van der Waals surface area contributed by atoms with Crippen molar-refractivity contribution in [2.75, 3.05) is 20.3 Å². The third-order valence-electron chi connectivity index (χ3n) is 3.64. The highest BCUT2D eigenvalue weighted by Crippen LogP contribution is 2.31. The van der Waals surface area contributed by atoms with Crippen LogP contribution in [0.3, 0.4) is 0 Å². The van der Waals surface area contributed by atoms with Gasteiger partial charge < -0.3 is 9.64 Å². The van der Waals surface area contributed by atoms with Crippen molar-refractivity contribution in [3.05, 3.63) is 34.0 Å². The van der Waals surface area contributed by atoms with Gasteiger partial charge in [-0.3, -0.25) is 9.89 Å². The number of nitrogens with one attached hydrogen (secondary N) is 1. The van der Waals surface area contributed by atoms with E-state index < -0.39 is 0 Å². The highest BCUT2D eigenvalue weighted by Gasteiger charge is 2.33. The molecule has 2 aromatic rings. The standard InChI is InChI=1S/C14H18N4O2S/c1-20-8-6-12-15-13(17-16-12)10-4-2-7-18(10)14(19)11-5-3-9-21-11/h3,5,9-10H,2,4,6-8H2,1H3,(H,15,16,17)/t10-/m0/s1. The fraction of sp³-hybridized carbons (Fsp3) is 0.500. The Hall–Kier alpha value is -1.73. The molecule has 3 rings (SSSR count). The van der Waals surface area contributed by atoms with E-state index in [1.54, 1.807) is 7.11 Å². The lowest BCUT2D eigenvalue weighted by Gasteiger charge is -2.21. The van der Waals surface area contributed by atoms with Gasteiger partial charge in [0, 0.05) is 20.1 Å². The van der Waals surface area contributed by atoms with E-state index in [9.17, 15) is 4.79 Å². The smallest absolute Gasteiger partial charge is 0.264 e. The molecule has 0 aliphatic carbocycles. The van der Waals surface area contributed by atoms with Gasteiger partial charge in [0.25, 0.3) is 5.91 Å². The van der Waals surface area contributed by atoms with Crippen molar-refractivity contribution in [3.8, 4) is 0 Å². The number of amides is 1. The zero-order valence-electron chi connectivity index (χ0n) is 11.9. The summed E-state index contributed by atoms with van der Waals surface area (Å²) in [7, 11) is 1.66. The van der Waals surface area contributed by atoms with E-state index in [1.807, 2.05) is 22.4 Å². The molecule has 1 amide bonds. The van der Waals surface area contributed by atoms with Gasteiger partial charge in [0.05, 0.1) is 17.5 Å². The zero-order valence-corrected chi connectivity index (χ0v) is 12.7. The summed E-state index contributed by atoms with van der Waals surface area (Å²) in [5.74, 6) is 1.60. The highest BCUT2D eigenvalue weighted by molar-refractivity contribution is 7.12. The predicted octanol–water partition coefficient (Wildman–Crippen LogP) is 2.03. The highest BCUT2D eigenvalue weighted by atomic mass is 32.1. The van der Waals surface area contributed by atoms with E-state index in [1.165, 1.54) is 11.3 Å². The number of carbonyl (C=O) groups is 1. The van der Waals surface area contributed by atoms with Crippen LogP contribution in [0.1, 0.15) is 40.2 Å². The topological polar surface area (TPSA) is 71.1 Å². The predicted molar refractivity (Wildman–Crippen MR) is 79.3 cm³/mol. The molecule has 1 aliphatic rings. The first-order valence-corrected chi connectivity index (χ1v) is 7.92. The van der Waals surface area contributed by atoms with Crippen LogP contribution in [-0.4, -0.2) is 46.2 Å². The molecule has 112 valence electrons. The lowest BCUT2D eigenvalue weighted by atomic mass is 10.2. The number of hydrogen-bond donors (Lipinski definition) is 1. The molecule has 0 aromatic carbocycles. The molecular weight excluding hydrogens is 288 g/mol. The fourth-order valence-corrected chi connectivity index (χ4v) is 3.27. The minimum Gasteiger partial charge on any atom is -0.384 e. The summed E-state index contributed by atoms with van der Waals surface area (Å²) in [6.45, 7) is 1.38. The molecular formula is C14H18N4O2S. The number of likely N-dealkylation sites (tertiary alicyclic amines) is 1. The summed E-state index contributed by atoms with van der Waals surface area (Å²) in [6.07, 6.45) is 2.61. The summed E-state index contributed by atoms with van der Waals surface area (Å²) in [6, 6.07) is 3.75. The summed E-state index contributed by atoms with van der Waals surface area (Å²) < 4.78 is 5.04. The van der Waals surface area contributed by atoms with Gasteiger partial charge in [0.2, 0.25) is 0 Å². The second-order valence-corrected chi connectivity index (χ2v) is 5.96. The second kappa shape index (κ2) is 6.36. The second-order valence-electron chi connectivity index (χ2n) is 5.02. The SMILES string of the molecule is COCCc1nc([C@@H]2CCCN2C(=O)c2cccs2)n[nH]1. The van der Waals surface area contributed by atoms with Crippen LogP contribution in [0.5, 0.6) is 0 Å². The molecule has 1 atom stereocenters. The Morgan fingerprint density at radius 1 is 1.62 bits per heavy atom. The van der Waals surface area contributed by atoms with Crippen LogP contribution in [0.2, 0.25) is 0 Å². The molecule has 1 aliphatic heterocycles. The van der Waals surface area contributed by atoms with Gasteiger partial charge >= 0.3 is 0 Å². The molecule has 1 N–H and O–H groups in total. The number of carbonyl (C=O) groups excluding carboxylic acids is 1. The monoisotopic (exact) mass is 306 g/mol. The number of hydrogen-bond acceptors (Lipinski definition) is 5. The number of H-pyrrole nitrogens is 1. The van der Waals surface area contributed by atoms with E-state index in [4.69, 9.17) is 4.74 Å². The van der Waals surface area contributed by atoms with Gasteiger partial charge in [-0.05, 0) is 24.3 Å². The Bertz CT molecular complexity index is 596. The number of aromatic nitrogens is 3. The Labute approximate surface area is 127 Å². The van der Waals surface area contributed by atoms with Crippen LogP contribution >= 0.6 is 11.3 Å². The molecule has 6 nitrogen and oxygen atoms in total. The van der Waals surface area contributed by atoms with Crippen LogP contribution in [0.15, 0.2) is 17.5 Å². The Kier molecular flexibility index (Phi) is 4.31. The van der Waals surface area contributed by atoms with Crippen LogP contribution in [0, 0.1) is 0 Å². The average Bonchev–Trinajstić information content (AvgIpc) is 3.24. The van der Waals surface area contributed by atoms with Crippen molar-refractivity contribution in [3.63, 3.8) is 0 Å². The lowest BCUT2D eigenvalue weighted by Crippen LogP contribution is -2.30. The summed E-state index contributed by atoms with van der Waals surface area (Å²) in [5.41, 5.74) is 0. The summed E-state index contributed by atoms with van der Waals surface area (Å²) >= 11 is 1.48. The van der Waals surface area contributed by atoms with Gasteiger partial charge in [0.15, 0.2) is 5.82 Å². The van der Waals surface area contributed by atoms with Gasteiger partial charge in [-0.15, -0.1) is 11.3 Å². The largest absolute Gasteiger partial charge is 0.384 e. The Morgan fingerprint density at radius 2 is 2.52 bits per heavy atom. The maximum Gasteiger partial charge on any atom is 0.264 e. The van der Waals surface area contributed by atoms with Crippen molar-refractivity contribution in [2.45, 2.75) is 25.3 Å². The molecule has 0 unspecified atom stereocenters.